The van der Waals surface area contributed by atoms with Crippen molar-refractivity contribution < 1.29 is 14.3 Å². The number of hydrogen-bond donors (Lipinski definition) is 0. The predicted octanol–water partition coefficient (Wildman–Crippen LogP) is 4.07. The standard InChI is InChI=1S/C21H23NO3/c1-4-15-25-20-8-6-5-7-17(20)13-14-19(23)16-9-11-18(12-10-16)21(24)22(2)3/h5-14H,4,15H2,1-3H3. The van der Waals surface area contributed by atoms with Crippen LogP contribution in [0.2, 0.25) is 0 Å². The van der Waals surface area contributed by atoms with E-state index in [1.165, 1.54) is 11.0 Å². The molecule has 0 aromatic heterocycles. The first-order valence-electron chi connectivity index (χ1n) is 8.29. The first-order chi connectivity index (χ1) is 12.0. The first kappa shape index (κ1) is 18.5. The van der Waals surface area contributed by atoms with Gasteiger partial charge in [0, 0.05) is 30.8 Å². The fourth-order valence-corrected chi connectivity index (χ4v) is 2.26. The molecule has 130 valence electrons. The minimum atomic E-state index is -0.117. The van der Waals surface area contributed by atoms with Gasteiger partial charge in [-0.3, -0.25) is 9.59 Å². The van der Waals surface area contributed by atoms with E-state index in [2.05, 4.69) is 0 Å². The second-order valence-corrected chi connectivity index (χ2v) is 5.86. The maximum atomic E-state index is 12.3. The molecule has 0 saturated heterocycles. The summed E-state index contributed by atoms with van der Waals surface area (Å²) in [7, 11) is 3.39. The van der Waals surface area contributed by atoms with Gasteiger partial charge < -0.3 is 9.64 Å². The Balaban J connectivity index is 2.12. The number of para-hydroxylation sites is 1. The van der Waals surface area contributed by atoms with E-state index in [0.29, 0.717) is 17.7 Å². The Labute approximate surface area is 148 Å². The van der Waals surface area contributed by atoms with Crippen LogP contribution in [0.15, 0.2) is 54.6 Å². The third-order valence-corrected chi connectivity index (χ3v) is 3.62. The lowest BCUT2D eigenvalue weighted by Gasteiger charge is -2.10. The molecular weight excluding hydrogens is 314 g/mol. The largest absolute Gasteiger partial charge is 0.493 e. The fourth-order valence-electron chi connectivity index (χ4n) is 2.26. The molecule has 0 N–H and O–H groups in total. The summed E-state index contributed by atoms with van der Waals surface area (Å²) < 4.78 is 5.68. The van der Waals surface area contributed by atoms with Gasteiger partial charge in [-0.25, -0.2) is 0 Å². The second kappa shape index (κ2) is 8.83. The highest BCUT2D eigenvalue weighted by Crippen LogP contribution is 2.20. The van der Waals surface area contributed by atoms with Crippen molar-refractivity contribution >= 4 is 17.8 Å². The molecule has 0 aliphatic carbocycles. The highest BCUT2D eigenvalue weighted by atomic mass is 16.5. The number of rotatable bonds is 7. The van der Waals surface area contributed by atoms with Gasteiger partial charge >= 0.3 is 0 Å². The molecular formula is C21H23NO3. The number of ketones is 1. The quantitative estimate of drug-likeness (QED) is 0.565. The average Bonchev–Trinajstić information content (AvgIpc) is 2.64. The van der Waals surface area contributed by atoms with Gasteiger partial charge in [0.2, 0.25) is 0 Å². The van der Waals surface area contributed by atoms with E-state index in [-0.39, 0.29) is 11.7 Å². The molecule has 0 unspecified atom stereocenters. The van der Waals surface area contributed by atoms with Crippen LogP contribution in [0.1, 0.15) is 39.6 Å². The molecule has 0 atom stereocenters. The lowest BCUT2D eigenvalue weighted by Crippen LogP contribution is -2.21. The smallest absolute Gasteiger partial charge is 0.253 e. The zero-order valence-corrected chi connectivity index (χ0v) is 14.9. The first-order valence-corrected chi connectivity index (χ1v) is 8.29. The van der Waals surface area contributed by atoms with Gasteiger partial charge in [-0.1, -0.05) is 37.3 Å². The van der Waals surface area contributed by atoms with Crippen molar-refractivity contribution in [1.82, 2.24) is 4.90 Å². The molecule has 2 aromatic rings. The van der Waals surface area contributed by atoms with Gasteiger partial charge in [0.1, 0.15) is 5.75 Å². The van der Waals surface area contributed by atoms with Gasteiger partial charge in [-0.15, -0.1) is 0 Å². The third kappa shape index (κ3) is 5.05. The lowest BCUT2D eigenvalue weighted by molar-refractivity contribution is 0.0827. The van der Waals surface area contributed by atoms with Gasteiger partial charge in [0.15, 0.2) is 5.78 Å². The Kier molecular flexibility index (Phi) is 6.52. The van der Waals surface area contributed by atoms with Crippen molar-refractivity contribution in [3.05, 3.63) is 71.3 Å². The number of carbonyl (C=O) groups is 2. The van der Waals surface area contributed by atoms with E-state index in [1.54, 1.807) is 44.4 Å². The lowest BCUT2D eigenvalue weighted by atomic mass is 10.1. The zero-order chi connectivity index (χ0) is 18.2. The molecule has 0 heterocycles. The summed E-state index contributed by atoms with van der Waals surface area (Å²) in [5.74, 6) is 0.561. The average molecular weight is 337 g/mol. The van der Waals surface area contributed by atoms with Crippen molar-refractivity contribution in [2.45, 2.75) is 13.3 Å². The van der Waals surface area contributed by atoms with Gasteiger partial charge in [-0.05, 0) is 36.8 Å². The molecule has 1 amide bonds. The van der Waals surface area contributed by atoms with Crippen LogP contribution in [0.3, 0.4) is 0 Å². The molecule has 0 aliphatic rings. The van der Waals surface area contributed by atoms with Crippen molar-refractivity contribution in [3.63, 3.8) is 0 Å². The molecule has 2 aromatic carbocycles. The number of benzene rings is 2. The van der Waals surface area contributed by atoms with E-state index >= 15 is 0 Å². The molecule has 0 radical (unpaired) electrons. The molecule has 0 spiro atoms. The van der Waals surface area contributed by atoms with Crippen molar-refractivity contribution in [3.8, 4) is 5.75 Å². The van der Waals surface area contributed by atoms with Gasteiger partial charge in [0.25, 0.3) is 5.91 Å². The number of allylic oxidation sites excluding steroid dienone is 1. The normalized spacial score (nSPS) is 10.7. The van der Waals surface area contributed by atoms with Crippen LogP contribution in [0.4, 0.5) is 0 Å². The number of ether oxygens (including phenoxy) is 1. The van der Waals surface area contributed by atoms with Crippen LogP contribution >= 0.6 is 0 Å². The fraction of sp³-hybridized carbons (Fsp3) is 0.238. The molecule has 2 rings (SSSR count). The highest BCUT2D eigenvalue weighted by molar-refractivity contribution is 6.07. The Morgan fingerprint density at radius 2 is 1.64 bits per heavy atom. The van der Waals surface area contributed by atoms with E-state index < -0.39 is 0 Å². The Hall–Kier alpha value is -2.88. The molecule has 0 aliphatic heterocycles. The zero-order valence-electron chi connectivity index (χ0n) is 14.9. The summed E-state index contributed by atoms with van der Waals surface area (Å²) in [6.07, 6.45) is 4.21. The van der Waals surface area contributed by atoms with E-state index in [0.717, 1.165) is 17.7 Å². The summed E-state index contributed by atoms with van der Waals surface area (Å²) in [6.45, 7) is 2.69. The van der Waals surface area contributed by atoms with E-state index in [9.17, 15) is 9.59 Å². The van der Waals surface area contributed by atoms with E-state index in [1.807, 2.05) is 31.2 Å². The Morgan fingerprint density at radius 1 is 1.00 bits per heavy atom. The summed E-state index contributed by atoms with van der Waals surface area (Å²) in [5.41, 5.74) is 1.96. The minimum Gasteiger partial charge on any atom is -0.493 e. The van der Waals surface area contributed by atoms with E-state index in [4.69, 9.17) is 4.74 Å². The predicted molar refractivity (Wildman–Crippen MR) is 100 cm³/mol. The summed E-state index contributed by atoms with van der Waals surface area (Å²) >= 11 is 0. The van der Waals surface area contributed by atoms with Crippen LogP contribution in [-0.2, 0) is 0 Å². The third-order valence-electron chi connectivity index (χ3n) is 3.62. The molecule has 0 fully saturated rings. The number of hydrogen-bond acceptors (Lipinski definition) is 3. The van der Waals surface area contributed by atoms with Crippen molar-refractivity contribution in [2.75, 3.05) is 20.7 Å². The SMILES string of the molecule is CCCOc1ccccc1C=CC(=O)c1ccc(C(=O)N(C)C)cc1. The number of carbonyl (C=O) groups excluding carboxylic acids is 2. The monoisotopic (exact) mass is 337 g/mol. The van der Waals surface area contributed by atoms with Crippen LogP contribution in [0.5, 0.6) is 5.75 Å². The van der Waals surface area contributed by atoms with Crippen LogP contribution < -0.4 is 4.74 Å². The van der Waals surface area contributed by atoms with Gasteiger partial charge in [0.05, 0.1) is 6.61 Å². The molecule has 0 bridgehead atoms. The summed E-state index contributed by atoms with van der Waals surface area (Å²) in [5, 5.41) is 0. The maximum Gasteiger partial charge on any atom is 0.253 e. The molecule has 25 heavy (non-hydrogen) atoms. The Bertz CT molecular complexity index is 761. The maximum absolute atomic E-state index is 12.3. The van der Waals surface area contributed by atoms with Gasteiger partial charge in [-0.2, -0.15) is 0 Å². The number of amides is 1. The van der Waals surface area contributed by atoms with Crippen LogP contribution in [0.25, 0.3) is 6.08 Å². The number of nitrogens with zero attached hydrogens (tertiary/aromatic N) is 1. The van der Waals surface area contributed by atoms with Crippen molar-refractivity contribution in [1.29, 1.82) is 0 Å². The summed E-state index contributed by atoms with van der Waals surface area (Å²) in [6, 6.07) is 14.3. The second-order valence-electron chi connectivity index (χ2n) is 5.86. The minimum absolute atomic E-state index is 0.0865. The molecule has 0 saturated carbocycles. The van der Waals surface area contributed by atoms with Crippen molar-refractivity contribution in [2.24, 2.45) is 0 Å². The summed E-state index contributed by atoms with van der Waals surface area (Å²) in [4.78, 5) is 25.7. The highest BCUT2D eigenvalue weighted by Gasteiger charge is 2.09. The van der Waals surface area contributed by atoms with Crippen LogP contribution in [0, 0.1) is 0 Å². The molecule has 4 nitrogen and oxygen atoms in total. The topological polar surface area (TPSA) is 46.6 Å². The Morgan fingerprint density at radius 3 is 2.28 bits per heavy atom. The molecule has 4 heteroatoms. The van der Waals surface area contributed by atoms with Crippen LogP contribution in [-0.4, -0.2) is 37.3 Å².